The topological polar surface area (TPSA) is 87.8 Å². The SMILES string of the molecule is CCCCn1c(=O)n(CC)c(=O)c2c1nc(C)n2C(C)CN. The highest BCUT2D eigenvalue weighted by molar-refractivity contribution is 5.71. The summed E-state index contributed by atoms with van der Waals surface area (Å²) in [4.78, 5) is 29.8. The highest BCUT2D eigenvalue weighted by Gasteiger charge is 2.21. The first-order valence-corrected chi connectivity index (χ1v) is 7.90. The minimum Gasteiger partial charge on any atom is -0.328 e. The maximum Gasteiger partial charge on any atom is 0.332 e. The molecule has 0 aromatic carbocycles. The predicted molar refractivity (Wildman–Crippen MR) is 87.3 cm³/mol. The molecule has 0 fully saturated rings. The van der Waals surface area contributed by atoms with Gasteiger partial charge >= 0.3 is 5.69 Å². The molecule has 0 amide bonds. The fourth-order valence-electron chi connectivity index (χ4n) is 2.81. The van der Waals surface area contributed by atoms with Gasteiger partial charge in [-0.05, 0) is 27.2 Å². The van der Waals surface area contributed by atoms with Crippen LogP contribution in [0, 0.1) is 6.92 Å². The first-order valence-electron chi connectivity index (χ1n) is 7.90. The highest BCUT2D eigenvalue weighted by atomic mass is 16.2. The minimum atomic E-state index is -0.281. The van der Waals surface area contributed by atoms with Crippen LogP contribution in [0.25, 0.3) is 11.2 Å². The lowest BCUT2D eigenvalue weighted by Crippen LogP contribution is -2.40. The monoisotopic (exact) mass is 307 g/mol. The van der Waals surface area contributed by atoms with E-state index in [1.165, 1.54) is 4.57 Å². The van der Waals surface area contributed by atoms with Gasteiger partial charge in [-0.2, -0.15) is 0 Å². The van der Waals surface area contributed by atoms with Gasteiger partial charge < -0.3 is 10.3 Å². The fraction of sp³-hybridized carbons (Fsp3) is 0.667. The summed E-state index contributed by atoms with van der Waals surface area (Å²) >= 11 is 0. The van der Waals surface area contributed by atoms with E-state index in [9.17, 15) is 9.59 Å². The van der Waals surface area contributed by atoms with Crippen LogP contribution >= 0.6 is 0 Å². The lowest BCUT2D eigenvalue weighted by atomic mass is 10.3. The van der Waals surface area contributed by atoms with Crippen molar-refractivity contribution in [1.82, 2.24) is 18.7 Å². The maximum atomic E-state index is 12.7. The van der Waals surface area contributed by atoms with E-state index in [1.54, 1.807) is 11.5 Å². The number of hydrogen-bond donors (Lipinski definition) is 1. The van der Waals surface area contributed by atoms with Gasteiger partial charge in [0.15, 0.2) is 11.2 Å². The molecule has 2 N–H and O–H groups in total. The van der Waals surface area contributed by atoms with Gasteiger partial charge in [0.25, 0.3) is 5.56 Å². The number of aryl methyl sites for hydroxylation is 2. The van der Waals surface area contributed by atoms with Gasteiger partial charge in [-0.3, -0.25) is 13.9 Å². The molecule has 0 aliphatic carbocycles. The van der Waals surface area contributed by atoms with Crippen LogP contribution in [0.3, 0.4) is 0 Å². The van der Waals surface area contributed by atoms with Gasteiger partial charge in [0.05, 0.1) is 0 Å². The quantitative estimate of drug-likeness (QED) is 0.862. The smallest absolute Gasteiger partial charge is 0.328 e. The third-order valence-corrected chi connectivity index (χ3v) is 4.07. The third-order valence-electron chi connectivity index (χ3n) is 4.07. The summed E-state index contributed by atoms with van der Waals surface area (Å²) in [6, 6.07) is -0.0415. The lowest BCUT2D eigenvalue weighted by molar-refractivity contribution is 0.544. The van der Waals surface area contributed by atoms with Crippen LogP contribution in [0.5, 0.6) is 0 Å². The van der Waals surface area contributed by atoms with Gasteiger partial charge in [-0.25, -0.2) is 9.78 Å². The zero-order chi connectivity index (χ0) is 16.4. The standard InChI is InChI=1S/C15H25N5O2/c1-5-7-8-19-13-12(14(21)18(6-2)15(19)22)20(10(3)9-16)11(4)17-13/h10H,5-9,16H2,1-4H3. The van der Waals surface area contributed by atoms with Crippen LogP contribution in [-0.2, 0) is 13.1 Å². The molecular formula is C15H25N5O2. The second-order valence-corrected chi connectivity index (χ2v) is 5.62. The van der Waals surface area contributed by atoms with Gasteiger partial charge in [0.2, 0.25) is 0 Å². The molecule has 2 aromatic heterocycles. The van der Waals surface area contributed by atoms with E-state index in [2.05, 4.69) is 11.9 Å². The molecule has 22 heavy (non-hydrogen) atoms. The van der Waals surface area contributed by atoms with Crippen molar-refractivity contribution in [3.63, 3.8) is 0 Å². The van der Waals surface area contributed by atoms with Gasteiger partial charge in [0.1, 0.15) is 5.82 Å². The molecule has 122 valence electrons. The van der Waals surface area contributed by atoms with Gasteiger partial charge in [0, 0.05) is 25.7 Å². The normalized spacial score (nSPS) is 13.0. The van der Waals surface area contributed by atoms with Crippen LogP contribution in [0.1, 0.15) is 45.5 Å². The fourth-order valence-corrected chi connectivity index (χ4v) is 2.81. The van der Waals surface area contributed by atoms with E-state index >= 15 is 0 Å². The van der Waals surface area contributed by atoms with Gasteiger partial charge in [-0.1, -0.05) is 13.3 Å². The Morgan fingerprint density at radius 1 is 1.23 bits per heavy atom. The molecule has 0 aliphatic heterocycles. The van der Waals surface area contributed by atoms with Gasteiger partial charge in [-0.15, -0.1) is 0 Å². The van der Waals surface area contributed by atoms with Crippen LogP contribution in [0.15, 0.2) is 9.59 Å². The van der Waals surface area contributed by atoms with Crippen LogP contribution < -0.4 is 17.0 Å². The number of unbranched alkanes of at least 4 members (excludes halogenated alkanes) is 1. The third kappa shape index (κ3) is 2.49. The predicted octanol–water partition coefficient (Wildman–Crippen LogP) is 1.01. The molecule has 7 heteroatoms. The number of rotatable bonds is 6. The molecular weight excluding hydrogens is 282 g/mol. The van der Waals surface area contributed by atoms with Crippen molar-refractivity contribution in [2.75, 3.05) is 6.54 Å². The van der Waals surface area contributed by atoms with Crippen LogP contribution in [-0.4, -0.2) is 25.2 Å². The van der Waals surface area contributed by atoms with E-state index in [1.807, 2.05) is 18.4 Å². The van der Waals surface area contributed by atoms with Crippen molar-refractivity contribution in [3.05, 3.63) is 26.7 Å². The molecule has 2 rings (SSSR count). The Balaban J connectivity index is 2.90. The highest BCUT2D eigenvalue weighted by Crippen LogP contribution is 2.17. The minimum absolute atomic E-state index is 0.0415. The number of nitrogens with zero attached hydrogens (tertiary/aromatic N) is 4. The largest absolute Gasteiger partial charge is 0.332 e. The summed E-state index contributed by atoms with van der Waals surface area (Å²) in [6.07, 6.45) is 1.84. The van der Waals surface area contributed by atoms with E-state index in [-0.39, 0.29) is 17.3 Å². The van der Waals surface area contributed by atoms with Crippen LogP contribution in [0.2, 0.25) is 0 Å². The summed E-state index contributed by atoms with van der Waals surface area (Å²) < 4.78 is 4.75. The Bertz CT molecular complexity index is 784. The zero-order valence-electron chi connectivity index (χ0n) is 13.8. The number of nitrogens with two attached hydrogens (primary N) is 1. The summed E-state index contributed by atoms with van der Waals surface area (Å²) in [5.74, 6) is 0.712. The summed E-state index contributed by atoms with van der Waals surface area (Å²) in [6.45, 7) is 8.99. The molecule has 0 spiro atoms. The Labute approximate surface area is 129 Å². The Morgan fingerprint density at radius 3 is 2.45 bits per heavy atom. The van der Waals surface area contributed by atoms with Crippen molar-refractivity contribution >= 4 is 11.2 Å². The molecule has 2 aromatic rings. The second kappa shape index (κ2) is 6.48. The molecule has 1 unspecified atom stereocenters. The van der Waals surface area contributed by atoms with Crippen LogP contribution in [0.4, 0.5) is 0 Å². The number of fused-ring (bicyclic) bond motifs is 1. The Hall–Kier alpha value is -1.89. The van der Waals surface area contributed by atoms with Crippen molar-refractivity contribution in [2.45, 2.75) is 59.7 Å². The molecule has 0 radical (unpaired) electrons. The number of aromatic nitrogens is 4. The first kappa shape index (κ1) is 16.5. The van der Waals surface area contributed by atoms with Crippen molar-refractivity contribution in [3.8, 4) is 0 Å². The molecule has 0 saturated heterocycles. The van der Waals surface area contributed by atoms with Crippen molar-refractivity contribution in [2.24, 2.45) is 5.73 Å². The number of imidazole rings is 1. The summed E-state index contributed by atoms with van der Waals surface area (Å²) in [5, 5.41) is 0. The maximum absolute atomic E-state index is 12.7. The summed E-state index contributed by atoms with van der Waals surface area (Å²) in [7, 11) is 0. The van der Waals surface area contributed by atoms with Crippen molar-refractivity contribution < 1.29 is 0 Å². The average molecular weight is 307 g/mol. The lowest BCUT2D eigenvalue weighted by Gasteiger charge is -2.15. The number of hydrogen-bond acceptors (Lipinski definition) is 4. The molecule has 0 bridgehead atoms. The summed E-state index contributed by atoms with van der Waals surface area (Å²) in [5.41, 5.74) is 6.16. The van der Waals surface area contributed by atoms with E-state index < -0.39 is 0 Å². The Kier molecular flexibility index (Phi) is 4.85. The first-order chi connectivity index (χ1) is 10.5. The van der Waals surface area contributed by atoms with E-state index in [4.69, 9.17) is 5.73 Å². The second-order valence-electron chi connectivity index (χ2n) is 5.62. The average Bonchev–Trinajstić information content (AvgIpc) is 2.84. The molecule has 7 nitrogen and oxygen atoms in total. The molecule has 0 aliphatic rings. The molecule has 0 saturated carbocycles. The van der Waals surface area contributed by atoms with E-state index in [0.717, 1.165) is 12.8 Å². The Morgan fingerprint density at radius 2 is 1.91 bits per heavy atom. The van der Waals surface area contributed by atoms with Crippen molar-refractivity contribution in [1.29, 1.82) is 0 Å². The van der Waals surface area contributed by atoms with E-state index in [0.29, 0.717) is 36.6 Å². The zero-order valence-corrected chi connectivity index (χ0v) is 13.8. The molecule has 1 atom stereocenters. The molecule has 2 heterocycles.